The molecule has 3 aromatic rings. The maximum atomic E-state index is 12.1. The van der Waals surface area contributed by atoms with Crippen LogP contribution in [0.4, 0.5) is 11.5 Å². The van der Waals surface area contributed by atoms with Crippen LogP contribution in [0.25, 0.3) is 11.4 Å². The van der Waals surface area contributed by atoms with E-state index in [0.717, 1.165) is 0 Å². The minimum atomic E-state index is -0.365. The summed E-state index contributed by atoms with van der Waals surface area (Å²) < 4.78 is 4.90. The first kappa shape index (κ1) is 19.2. The minimum Gasteiger partial charge on any atom is -0.360 e. The zero-order chi connectivity index (χ0) is 20.1. The van der Waals surface area contributed by atoms with Gasteiger partial charge in [-0.05, 0) is 30.2 Å². The summed E-state index contributed by atoms with van der Waals surface area (Å²) >= 11 is 0. The molecule has 10 heteroatoms. The van der Waals surface area contributed by atoms with Crippen molar-refractivity contribution in [2.45, 2.75) is 33.7 Å². The lowest BCUT2D eigenvalue weighted by Gasteiger charge is -2.09. The molecule has 0 saturated carbocycles. The number of amides is 2. The zero-order valence-corrected chi connectivity index (χ0v) is 15.8. The number of carbonyl (C=O) groups is 2. The van der Waals surface area contributed by atoms with E-state index >= 15 is 0 Å². The zero-order valence-electron chi connectivity index (χ0n) is 15.8. The van der Waals surface area contributed by atoms with Crippen molar-refractivity contribution in [1.82, 2.24) is 25.4 Å². The van der Waals surface area contributed by atoms with Crippen LogP contribution < -0.4 is 10.6 Å². The van der Waals surface area contributed by atoms with Crippen molar-refractivity contribution in [1.29, 1.82) is 0 Å². The van der Waals surface area contributed by atoms with Crippen LogP contribution in [-0.2, 0) is 16.1 Å². The van der Waals surface area contributed by atoms with Crippen molar-refractivity contribution in [2.75, 3.05) is 10.6 Å². The van der Waals surface area contributed by atoms with Gasteiger partial charge in [-0.1, -0.05) is 31.1 Å². The highest BCUT2D eigenvalue weighted by Crippen LogP contribution is 2.24. The van der Waals surface area contributed by atoms with Gasteiger partial charge in [-0.25, -0.2) is 0 Å². The van der Waals surface area contributed by atoms with Crippen molar-refractivity contribution in [3.05, 3.63) is 36.1 Å². The second-order valence-electron chi connectivity index (χ2n) is 6.71. The van der Waals surface area contributed by atoms with Gasteiger partial charge in [0.05, 0.1) is 5.69 Å². The smallest absolute Gasteiger partial charge is 0.249 e. The molecule has 2 aromatic heterocycles. The van der Waals surface area contributed by atoms with Gasteiger partial charge >= 0.3 is 0 Å². The maximum Gasteiger partial charge on any atom is 0.249 e. The molecule has 0 saturated heterocycles. The lowest BCUT2D eigenvalue weighted by Crippen LogP contribution is -2.20. The first-order valence-corrected chi connectivity index (χ1v) is 8.81. The Morgan fingerprint density at radius 1 is 1.18 bits per heavy atom. The van der Waals surface area contributed by atoms with E-state index in [4.69, 9.17) is 4.52 Å². The normalized spacial score (nSPS) is 10.9. The van der Waals surface area contributed by atoms with E-state index in [9.17, 15) is 9.59 Å². The predicted molar refractivity (Wildman–Crippen MR) is 101 cm³/mol. The molecule has 0 unspecified atom stereocenters. The first-order valence-electron chi connectivity index (χ1n) is 8.81. The molecule has 2 heterocycles. The summed E-state index contributed by atoms with van der Waals surface area (Å²) in [5.74, 6) is 1.02. The summed E-state index contributed by atoms with van der Waals surface area (Å²) in [7, 11) is 0. The number of tetrazole rings is 1. The van der Waals surface area contributed by atoms with Crippen LogP contribution in [0.5, 0.6) is 0 Å². The van der Waals surface area contributed by atoms with Crippen LogP contribution in [0.2, 0.25) is 0 Å². The summed E-state index contributed by atoms with van der Waals surface area (Å²) in [5, 5.41) is 21.3. The summed E-state index contributed by atoms with van der Waals surface area (Å²) in [6.45, 7) is 5.54. The Bertz CT molecular complexity index is 977. The maximum absolute atomic E-state index is 12.1. The second kappa shape index (κ2) is 8.42. The third-order valence-corrected chi connectivity index (χ3v) is 3.67. The van der Waals surface area contributed by atoms with E-state index in [1.807, 2.05) is 26.0 Å². The number of aryl methyl sites for hydroxylation is 1. The number of nitrogens with one attached hydrogen (secondary N) is 2. The lowest BCUT2D eigenvalue weighted by molar-refractivity contribution is -0.117. The topological polar surface area (TPSA) is 128 Å². The molecule has 28 heavy (non-hydrogen) atoms. The molecule has 0 spiro atoms. The average Bonchev–Trinajstić information content (AvgIpc) is 3.23. The van der Waals surface area contributed by atoms with Crippen molar-refractivity contribution >= 4 is 23.3 Å². The van der Waals surface area contributed by atoms with Gasteiger partial charge in [0.15, 0.2) is 5.82 Å². The monoisotopic (exact) mass is 383 g/mol. The van der Waals surface area contributed by atoms with Gasteiger partial charge in [0.25, 0.3) is 0 Å². The SMILES string of the molecule is Cc1cc(NC(=O)Cn2nnc(-c3ccccc3NC(=O)CC(C)C)n2)no1. The number of hydrogen-bond donors (Lipinski definition) is 2. The standard InChI is InChI=1S/C18H21N7O3/c1-11(2)8-16(26)19-14-7-5-4-6-13(14)18-21-24-25(22-18)10-17(27)20-15-9-12(3)28-23-15/h4-7,9,11H,8,10H2,1-3H3,(H,19,26)(H,20,23,27). The minimum absolute atomic E-state index is 0.0860. The van der Waals surface area contributed by atoms with Crippen molar-refractivity contribution in [3.8, 4) is 11.4 Å². The van der Waals surface area contributed by atoms with E-state index in [-0.39, 0.29) is 24.3 Å². The fourth-order valence-electron chi connectivity index (χ4n) is 2.51. The van der Waals surface area contributed by atoms with Gasteiger partial charge in [0, 0.05) is 18.1 Å². The molecule has 0 bridgehead atoms. The van der Waals surface area contributed by atoms with Crippen LogP contribution in [0.1, 0.15) is 26.0 Å². The molecule has 3 rings (SSSR count). The Balaban J connectivity index is 1.69. The third-order valence-electron chi connectivity index (χ3n) is 3.67. The number of rotatable bonds is 7. The molecule has 2 N–H and O–H groups in total. The molecule has 2 amide bonds. The van der Waals surface area contributed by atoms with E-state index in [1.165, 1.54) is 4.80 Å². The summed E-state index contributed by atoms with van der Waals surface area (Å²) in [6, 6.07) is 8.78. The number of aromatic nitrogens is 5. The third kappa shape index (κ3) is 5.00. The molecule has 0 atom stereocenters. The molecule has 0 aliphatic carbocycles. The van der Waals surface area contributed by atoms with E-state index in [1.54, 1.807) is 25.1 Å². The molecular formula is C18H21N7O3. The van der Waals surface area contributed by atoms with Gasteiger partial charge in [0.1, 0.15) is 12.3 Å². The van der Waals surface area contributed by atoms with Crippen LogP contribution in [0.15, 0.2) is 34.9 Å². The first-order chi connectivity index (χ1) is 13.4. The largest absolute Gasteiger partial charge is 0.360 e. The molecule has 0 radical (unpaired) electrons. The quantitative estimate of drug-likeness (QED) is 0.640. The Labute approximate surface area is 161 Å². The molecule has 1 aromatic carbocycles. The highest BCUT2D eigenvalue weighted by atomic mass is 16.5. The molecular weight excluding hydrogens is 362 g/mol. The summed E-state index contributed by atoms with van der Waals surface area (Å²) in [6.07, 6.45) is 0.413. The Hall–Kier alpha value is -3.56. The molecule has 0 fully saturated rings. The predicted octanol–water partition coefficient (Wildman–Crippen LogP) is 2.26. The Morgan fingerprint density at radius 3 is 2.68 bits per heavy atom. The Morgan fingerprint density at radius 2 is 1.96 bits per heavy atom. The van der Waals surface area contributed by atoms with E-state index in [0.29, 0.717) is 35.1 Å². The lowest BCUT2D eigenvalue weighted by atomic mass is 10.1. The second-order valence-corrected chi connectivity index (χ2v) is 6.71. The summed E-state index contributed by atoms with van der Waals surface area (Å²) in [4.78, 5) is 25.3. The average molecular weight is 383 g/mol. The number of benzene rings is 1. The fraction of sp³-hybridized carbons (Fsp3) is 0.333. The molecule has 0 aliphatic rings. The number of para-hydroxylation sites is 1. The highest BCUT2D eigenvalue weighted by molar-refractivity contribution is 5.94. The van der Waals surface area contributed by atoms with Crippen LogP contribution in [0.3, 0.4) is 0 Å². The van der Waals surface area contributed by atoms with Gasteiger partial charge in [0.2, 0.25) is 17.6 Å². The van der Waals surface area contributed by atoms with Crippen LogP contribution >= 0.6 is 0 Å². The fourth-order valence-corrected chi connectivity index (χ4v) is 2.51. The number of carbonyl (C=O) groups excluding carboxylic acids is 2. The van der Waals surface area contributed by atoms with Crippen LogP contribution in [-0.4, -0.2) is 37.2 Å². The van der Waals surface area contributed by atoms with E-state index < -0.39 is 0 Å². The van der Waals surface area contributed by atoms with Gasteiger partial charge in [-0.2, -0.15) is 4.80 Å². The number of nitrogens with zero attached hydrogens (tertiary/aromatic N) is 5. The van der Waals surface area contributed by atoms with E-state index in [2.05, 4.69) is 31.2 Å². The van der Waals surface area contributed by atoms with Crippen molar-refractivity contribution < 1.29 is 14.1 Å². The van der Waals surface area contributed by atoms with Crippen LogP contribution in [0, 0.1) is 12.8 Å². The molecule has 146 valence electrons. The molecule has 10 nitrogen and oxygen atoms in total. The van der Waals surface area contributed by atoms with Crippen molar-refractivity contribution in [2.24, 2.45) is 5.92 Å². The van der Waals surface area contributed by atoms with Gasteiger partial charge in [-0.3, -0.25) is 9.59 Å². The summed E-state index contributed by atoms with van der Waals surface area (Å²) in [5.41, 5.74) is 1.22. The Kier molecular flexibility index (Phi) is 5.78. The molecule has 0 aliphatic heterocycles. The van der Waals surface area contributed by atoms with Gasteiger partial charge in [-0.15, -0.1) is 10.2 Å². The number of anilines is 2. The van der Waals surface area contributed by atoms with Crippen molar-refractivity contribution in [3.63, 3.8) is 0 Å². The number of hydrogen-bond acceptors (Lipinski definition) is 7. The highest BCUT2D eigenvalue weighted by Gasteiger charge is 2.15. The van der Waals surface area contributed by atoms with Gasteiger partial charge < -0.3 is 15.2 Å².